The van der Waals surface area contributed by atoms with Gasteiger partial charge in [0.15, 0.2) is 0 Å². The lowest BCUT2D eigenvalue weighted by Gasteiger charge is -2.18. The van der Waals surface area contributed by atoms with Gasteiger partial charge in [-0.25, -0.2) is 0 Å². The zero-order chi connectivity index (χ0) is 12.1. The van der Waals surface area contributed by atoms with Crippen molar-refractivity contribution >= 4 is 23.1 Å². The molecule has 1 aliphatic rings. The van der Waals surface area contributed by atoms with E-state index in [-0.39, 0.29) is 0 Å². The molecule has 0 radical (unpaired) electrons. The summed E-state index contributed by atoms with van der Waals surface area (Å²) in [6, 6.07) is 5.09. The highest BCUT2D eigenvalue weighted by Crippen LogP contribution is 2.33. The van der Waals surface area contributed by atoms with Gasteiger partial charge in [-0.05, 0) is 38.4 Å². The number of hydrogen-bond donors (Lipinski definition) is 1. The van der Waals surface area contributed by atoms with Crippen LogP contribution in [0.2, 0.25) is 0 Å². The number of hydrogen-bond acceptors (Lipinski definition) is 3. The molecule has 2 rings (SSSR count). The first-order valence-electron chi connectivity index (χ1n) is 6.71. The van der Waals surface area contributed by atoms with Crippen molar-refractivity contribution in [1.29, 1.82) is 0 Å². The van der Waals surface area contributed by atoms with Crippen molar-refractivity contribution < 1.29 is 0 Å². The van der Waals surface area contributed by atoms with Gasteiger partial charge in [0.25, 0.3) is 0 Å². The second kappa shape index (κ2) is 6.81. The normalized spacial score (nSPS) is 18.7. The third-order valence-electron chi connectivity index (χ3n) is 3.36. The molecular formula is C14H23NS2. The molecule has 3 heteroatoms. The predicted molar refractivity (Wildman–Crippen MR) is 80.2 cm³/mol. The van der Waals surface area contributed by atoms with Crippen LogP contribution in [0.5, 0.6) is 0 Å². The summed E-state index contributed by atoms with van der Waals surface area (Å²) in [5.41, 5.74) is 0. The first kappa shape index (κ1) is 13.4. The van der Waals surface area contributed by atoms with Gasteiger partial charge in [-0.1, -0.05) is 19.8 Å². The van der Waals surface area contributed by atoms with E-state index < -0.39 is 0 Å². The molecule has 96 valence electrons. The summed E-state index contributed by atoms with van der Waals surface area (Å²) in [5.74, 6) is 1.23. The molecule has 1 N–H and O–H groups in total. The highest BCUT2D eigenvalue weighted by molar-refractivity contribution is 7.99. The summed E-state index contributed by atoms with van der Waals surface area (Å²) in [7, 11) is 0. The van der Waals surface area contributed by atoms with Gasteiger partial charge in [0.1, 0.15) is 0 Å². The maximum atomic E-state index is 3.63. The minimum atomic E-state index is 0.560. The van der Waals surface area contributed by atoms with E-state index in [1.807, 2.05) is 11.3 Å². The summed E-state index contributed by atoms with van der Waals surface area (Å²) in [6.45, 7) is 5.46. The van der Waals surface area contributed by atoms with Crippen LogP contribution < -0.4 is 5.32 Å². The Balaban J connectivity index is 1.87. The molecule has 0 spiro atoms. The third kappa shape index (κ3) is 4.01. The molecule has 1 atom stereocenters. The van der Waals surface area contributed by atoms with Crippen LogP contribution in [-0.2, 0) is 0 Å². The molecule has 1 fully saturated rings. The van der Waals surface area contributed by atoms with Gasteiger partial charge < -0.3 is 5.32 Å². The second-order valence-corrected chi connectivity index (χ2v) is 7.45. The summed E-state index contributed by atoms with van der Waals surface area (Å²) in [6.07, 6.45) is 5.77. The predicted octanol–water partition coefficient (Wildman–Crippen LogP) is 4.38. The van der Waals surface area contributed by atoms with Crippen LogP contribution in [0.4, 0.5) is 0 Å². The van der Waals surface area contributed by atoms with E-state index in [2.05, 4.69) is 43.1 Å². The van der Waals surface area contributed by atoms with Gasteiger partial charge in [-0.3, -0.25) is 0 Å². The van der Waals surface area contributed by atoms with Crippen LogP contribution in [0.3, 0.4) is 0 Å². The van der Waals surface area contributed by atoms with E-state index in [0.29, 0.717) is 6.04 Å². The zero-order valence-corrected chi connectivity index (χ0v) is 12.5. The average molecular weight is 269 g/mol. The molecule has 0 aromatic carbocycles. The van der Waals surface area contributed by atoms with Crippen LogP contribution in [-0.4, -0.2) is 17.5 Å². The Morgan fingerprint density at radius 1 is 1.41 bits per heavy atom. The number of thiophene rings is 1. The molecule has 1 aliphatic carbocycles. The quantitative estimate of drug-likeness (QED) is 0.822. The number of nitrogens with one attached hydrogen (secondary N) is 1. The largest absolute Gasteiger partial charge is 0.309 e. The molecule has 0 aliphatic heterocycles. The van der Waals surface area contributed by atoms with Crippen LogP contribution >= 0.6 is 23.1 Å². The van der Waals surface area contributed by atoms with E-state index >= 15 is 0 Å². The van der Waals surface area contributed by atoms with Crippen molar-refractivity contribution in [3.63, 3.8) is 0 Å². The van der Waals surface area contributed by atoms with Gasteiger partial charge in [0, 0.05) is 20.8 Å². The van der Waals surface area contributed by atoms with Gasteiger partial charge in [-0.15, -0.1) is 11.3 Å². The van der Waals surface area contributed by atoms with Crippen LogP contribution in [0.25, 0.3) is 0 Å². The van der Waals surface area contributed by atoms with Gasteiger partial charge in [0.2, 0.25) is 0 Å². The molecule has 0 bridgehead atoms. The lowest BCUT2D eigenvalue weighted by Crippen LogP contribution is -2.22. The Morgan fingerprint density at radius 2 is 2.18 bits per heavy atom. The number of thioether (sulfide) groups is 1. The molecule has 1 saturated carbocycles. The molecule has 1 aromatic heterocycles. The van der Waals surface area contributed by atoms with Crippen molar-refractivity contribution in [2.45, 2.75) is 50.8 Å². The van der Waals surface area contributed by atoms with Crippen molar-refractivity contribution in [2.24, 2.45) is 0 Å². The fourth-order valence-electron chi connectivity index (χ4n) is 2.42. The van der Waals surface area contributed by atoms with Gasteiger partial charge in [-0.2, -0.15) is 11.8 Å². The zero-order valence-electron chi connectivity index (χ0n) is 10.9. The minimum Gasteiger partial charge on any atom is -0.309 e. The maximum Gasteiger partial charge on any atom is 0.0506 e. The second-order valence-electron chi connectivity index (χ2n) is 4.80. The summed E-state index contributed by atoms with van der Waals surface area (Å²) in [4.78, 5) is 2.93. The van der Waals surface area contributed by atoms with Crippen LogP contribution in [0.1, 0.15) is 48.4 Å². The molecule has 1 nitrogen and oxygen atoms in total. The van der Waals surface area contributed by atoms with E-state index in [1.165, 1.54) is 41.2 Å². The van der Waals surface area contributed by atoms with E-state index in [9.17, 15) is 0 Å². The Bertz CT molecular complexity index is 329. The number of aryl methyl sites for hydroxylation is 1. The Kier molecular flexibility index (Phi) is 5.39. The first-order valence-corrected chi connectivity index (χ1v) is 8.57. The summed E-state index contributed by atoms with van der Waals surface area (Å²) < 4.78 is 0. The van der Waals surface area contributed by atoms with Crippen LogP contribution in [0, 0.1) is 6.92 Å². The standard InChI is InChI=1S/C14H23NS2/c1-3-15-13(14-9-8-11(2)17-14)10-16-12-6-4-5-7-12/h8-9,12-13,15H,3-7,10H2,1-2H3. The molecular weight excluding hydrogens is 246 g/mol. The first-order chi connectivity index (χ1) is 8.29. The average Bonchev–Trinajstić information content (AvgIpc) is 2.95. The van der Waals surface area contributed by atoms with Gasteiger partial charge in [0.05, 0.1) is 6.04 Å². The smallest absolute Gasteiger partial charge is 0.0506 e. The van der Waals surface area contributed by atoms with Crippen molar-refractivity contribution in [3.8, 4) is 0 Å². The highest BCUT2D eigenvalue weighted by Gasteiger charge is 2.19. The Hall–Kier alpha value is 0.01000. The molecule has 1 heterocycles. The molecule has 0 amide bonds. The monoisotopic (exact) mass is 269 g/mol. The minimum absolute atomic E-state index is 0.560. The van der Waals surface area contributed by atoms with E-state index in [1.54, 1.807) is 0 Å². The number of rotatable bonds is 6. The lowest BCUT2D eigenvalue weighted by molar-refractivity contribution is 0.614. The van der Waals surface area contributed by atoms with Crippen molar-refractivity contribution in [3.05, 3.63) is 21.9 Å². The maximum absolute atomic E-state index is 3.63. The topological polar surface area (TPSA) is 12.0 Å². The van der Waals surface area contributed by atoms with Crippen molar-refractivity contribution in [2.75, 3.05) is 12.3 Å². The molecule has 1 unspecified atom stereocenters. The van der Waals surface area contributed by atoms with Gasteiger partial charge >= 0.3 is 0 Å². The van der Waals surface area contributed by atoms with E-state index in [4.69, 9.17) is 0 Å². The third-order valence-corrected chi connectivity index (χ3v) is 5.94. The Morgan fingerprint density at radius 3 is 2.76 bits per heavy atom. The SMILES string of the molecule is CCNC(CSC1CCCC1)c1ccc(C)s1. The van der Waals surface area contributed by atoms with Crippen LogP contribution in [0.15, 0.2) is 12.1 Å². The van der Waals surface area contributed by atoms with E-state index in [0.717, 1.165) is 11.8 Å². The highest BCUT2D eigenvalue weighted by atomic mass is 32.2. The molecule has 0 saturated heterocycles. The fourth-order valence-corrected chi connectivity index (χ4v) is 4.90. The summed E-state index contributed by atoms with van der Waals surface area (Å²) in [5, 5.41) is 4.55. The fraction of sp³-hybridized carbons (Fsp3) is 0.714. The summed E-state index contributed by atoms with van der Waals surface area (Å²) >= 11 is 4.12. The van der Waals surface area contributed by atoms with Crippen molar-refractivity contribution in [1.82, 2.24) is 5.32 Å². The molecule has 17 heavy (non-hydrogen) atoms. The lowest BCUT2D eigenvalue weighted by atomic mass is 10.2. The Labute approximate surface area is 113 Å². The molecule has 1 aromatic rings.